The normalized spacial score (nSPS) is 17.6. The van der Waals surface area contributed by atoms with Gasteiger partial charge in [0, 0.05) is 21.7 Å². The number of rotatable bonds is 4. The van der Waals surface area contributed by atoms with Gasteiger partial charge in [-0.25, -0.2) is 13.1 Å². The third-order valence-electron chi connectivity index (χ3n) is 3.08. The first-order chi connectivity index (χ1) is 8.98. The van der Waals surface area contributed by atoms with Gasteiger partial charge in [0.25, 0.3) is 0 Å². The standard InChI is InChI=1S/C12H16Cl2N2O2S/c13-11-2-1-3-12(14)10(11)8-19(17,18)16-9-4-6-15-7-5-9/h1-3,9,15-16H,4-8H2. The molecule has 4 nitrogen and oxygen atoms in total. The topological polar surface area (TPSA) is 58.2 Å². The fourth-order valence-corrected chi connectivity index (χ4v) is 4.30. The van der Waals surface area contributed by atoms with Crippen molar-refractivity contribution in [2.24, 2.45) is 0 Å². The molecule has 0 saturated carbocycles. The molecule has 1 aromatic carbocycles. The van der Waals surface area contributed by atoms with Gasteiger partial charge in [-0.2, -0.15) is 0 Å². The Balaban J connectivity index is 2.08. The quantitative estimate of drug-likeness (QED) is 0.893. The summed E-state index contributed by atoms with van der Waals surface area (Å²) >= 11 is 12.0. The number of piperidine rings is 1. The molecule has 0 spiro atoms. The van der Waals surface area contributed by atoms with E-state index >= 15 is 0 Å². The summed E-state index contributed by atoms with van der Waals surface area (Å²) < 4.78 is 27.0. The SMILES string of the molecule is O=S(=O)(Cc1c(Cl)cccc1Cl)NC1CCNCC1. The van der Waals surface area contributed by atoms with Gasteiger partial charge >= 0.3 is 0 Å². The second-order valence-electron chi connectivity index (χ2n) is 4.60. The molecule has 0 amide bonds. The number of halogens is 2. The Bertz CT molecular complexity index is 522. The van der Waals surface area contributed by atoms with Crippen molar-refractivity contribution in [3.05, 3.63) is 33.8 Å². The van der Waals surface area contributed by atoms with Gasteiger partial charge in [-0.05, 0) is 38.1 Å². The van der Waals surface area contributed by atoms with Gasteiger partial charge in [-0.3, -0.25) is 0 Å². The maximum atomic E-state index is 12.1. The van der Waals surface area contributed by atoms with E-state index in [0.717, 1.165) is 25.9 Å². The Morgan fingerprint density at radius 1 is 1.21 bits per heavy atom. The Labute approximate surface area is 123 Å². The van der Waals surface area contributed by atoms with Crippen molar-refractivity contribution in [3.8, 4) is 0 Å². The minimum absolute atomic E-state index is 0.00693. The zero-order valence-electron chi connectivity index (χ0n) is 10.3. The second-order valence-corrected chi connectivity index (χ2v) is 7.17. The van der Waals surface area contributed by atoms with Crippen LogP contribution in [0.2, 0.25) is 10.0 Å². The Morgan fingerprint density at radius 2 is 1.79 bits per heavy atom. The molecular formula is C12H16Cl2N2O2S. The van der Waals surface area contributed by atoms with Gasteiger partial charge in [0.15, 0.2) is 0 Å². The summed E-state index contributed by atoms with van der Waals surface area (Å²) in [6.45, 7) is 1.67. The van der Waals surface area contributed by atoms with Crippen molar-refractivity contribution in [2.45, 2.75) is 24.6 Å². The third kappa shape index (κ3) is 4.33. The first-order valence-electron chi connectivity index (χ1n) is 6.11. The van der Waals surface area contributed by atoms with E-state index in [-0.39, 0.29) is 11.8 Å². The van der Waals surface area contributed by atoms with Crippen LogP contribution in [0.5, 0.6) is 0 Å². The van der Waals surface area contributed by atoms with Gasteiger partial charge in [-0.15, -0.1) is 0 Å². The lowest BCUT2D eigenvalue weighted by molar-refractivity contribution is 0.427. The van der Waals surface area contributed by atoms with E-state index in [2.05, 4.69) is 10.0 Å². The summed E-state index contributed by atoms with van der Waals surface area (Å²) in [5, 5.41) is 3.95. The first kappa shape index (κ1) is 15.1. The third-order valence-corrected chi connectivity index (χ3v) is 5.15. The maximum Gasteiger partial charge on any atom is 0.216 e. The number of benzene rings is 1. The Hall–Kier alpha value is -0.330. The molecule has 0 radical (unpaired) electrons. The van der Waals surface area contributed by atoms with Crippen LogP contribution in [-0.2, 0) is 15.8 Å². The van der Waals surface area contributed by atoms with Crippen LogP contribution in [0.3, 0.4) is 0 Å². The number of nitrogens with one attached hydrogen (secondary N) is 2. The van der Waals surface area contributed by atoms with E-state index in [1.165, 1.54) is 0 Å². The van der Waals surface area contributed by atoms with E-state index < -0.39 is 10.0 Å². The maximum absolute atomic E-state index is 12.1. The molecule has 0 bridgehead atoms. The van der Waals surface area contributed by atoms with Crippen LogP contribution < -0.4 is 10.0 Å². The monoisotopic (exact) mass is 322 g/mol. The lowest BCUT2D eigenvalue weighted by Gasteiger charge is -2.23. The van der Waals surface area contributed by atoms with Gasteiger partial charge < -0.3 is 5.32 Å². The van der Waals surface area contributed by atoms with Crippen LogP contribution in [0, 0.1) is 0 Å². The van der Waals surface area contributed by atoms with E-state index in [4.69, 9.17) is 23.2 Å². The van der Waals surface area contributed by atoms with Crippen molar-refractivity contribution in [3.63, 3.8) is 0 Å². The fraction of sp³-hybridized carbons (Fsp3) is 0.500. The van der Waals surface area contributed by atoms with Gasteiger partial charge in [-0.1, -0.05) is 29.3 Å². The van der Waals surface area contributed by atoms with Crippen molar-refractivity contribution in [1.82, 2.24) is 10.0 Å². The van der Waals surface area contributed by atoms with Crippen LogP contribution >= 0.6 is 23.2 Å². The lowest BCUT2D eigenvalue weighted by atomic mass is 10.1. The highest BCUT2D eigenvalue weighted by molar-refractivity contribution is 7.88. The highest BCUT2D eigenvalue weighted by Crippen LogP contribution is 2.26. The van der Waals surface area contributed by atoms with E-state index in [9.17, 15) is 8.42 Å². The Kier molecular flexibility index (Phi) is 5.09. The average Bonchev–Trinajstić information content (AvgIpc) is 2.35. The number of hydrogen-bond donors (Lipinski definition) is 2. The summed E-state index contributed by atoms with van der Waals surface area (Å²) in [6, 6.07) is 4.97. The molecule has 0 aromatic heterocycles. The molecule has 106 valence electrons. The molecule has 7 heteroatoms. The van der Waals surface area contributed by atoms with E-state index in [1.54, 1.807) is 18.2 Å². The minimum Gasteiger partial charge on any atom is -0.317 e. The van der Waals surface area contributed by atoms with Crippen molar-refractivity contribution in [1.29, 1.82) is 0 Å². The molecule has 19 heavy (non-hydrogen) atoms. The molecule has 1 saturated heterocycles. The van der Waals surface area contributed by atoms with Crippen molar-refractivity contribution < 1.29 is 8.42 Å². The molecule has 1 aliphatic heterocycles. The van der Waals surface area contributed by atoms with Crippen LogP contribution in [0.15, 0.2) is 18.2 Å². The largest absolute Gasteiger partial charge is 0.317 e. The number of sulfonamides is 1. The molecule has 0 atom stereocenters. The van der Waals surface area contributed by atoms with Gasteiger partial charge in [0.05, 0.1) is 5.75 Å². The van der Waals surface area contributed by atoms with Gasteiger partial charge in [0.1, 0.15) is 0 Å². The molecule has 1 aliphatic rings. The van der Waals surface area contributed by atoms with Gasteiger partial charge in [0.2, 0.25) is 10.0 Å². The van der Waals surface area contributed by atoms with Crippen molar-refractivity contribution >= 4 is 33.2 Å². The van der Waals surface area contributed by atoms with E-state index in [0.29, 0.717) is 15.6 Å². The predicted octanol–water partition coefficient (Wildman–Crippen LogP) is 2.16. The molecule has 2 rings (SSSR count). The zero-order valence-corrected chi connectivity index (χ0v) is 12.7. The molecule has 2 N–H and O–H groups in total. The fourth-order valence-electron chi connectivity index (χ4n) is 2.10. The summed E-state index contributed by atoms with van der Waals surface area (Å²) in [4.78, 5) is 0. The first-order valence-corrected chi connectivity index (χ1v) is 8.52. The summed E-state index contributed by atoms with van der Waals surface area (Å²) in [5.41, 5.74) is 0.451. The van der Waals surface area contributed by atoms with Crippen molar-refractivity contribution in [2.75, 3.05) is 13.1 Å². The van der Waals surface area contributed by atoms with Crippen LogP contribution in [0.25, 0.3) is 0 Å². The zero-order chi connectivity index (χ0) is 13.9. The molecule has 0 unspecified atom stereocenters. The predicted molar refractivity (Wildman–Crippen MR) is 78.1 cm³/mol. The second kappa shape index (κ2) is 6.41. The molecule has 1 fully saturated rings. The van der Waals surface area contributed by atoms with Crippen LogP contribution in [0.1, 0.15) is 18.4 Å². The Morgan fingerprint density at radius 3 is 2.37 bits per heavy atom. The summed E-state index contributed by atoms with van der Waals surface area (Å²) in [5.74, 6) is -0.185. The molecule has 1 aromatic rings. The highest BCUT2D eigenvalue weighted by Gasteiger charge is 2.22. The lowest BCUT2D eigenvalue weighted by Crippen LogP contribution is -2.43. The summed E-state index contributed by atoms with van der Waals surface area (Å²) in [7, 11) is -3.43. The highest BCUT2D eigenvalue weighted by atomic mass is 35.5. The van der Waals surface area contributed by atoms with E-state index in [1.807, 2.05) is 0 Å². The summed E-state index contributed by atoms with van der Waals surface area (Å²) in [6.07, 6.45) is 1.60. The minimum atomic E-state index is -3.43. The van der Waals surface area contributed by atoms with Crippen LogP contribution in [0.4, 0.5) is 0 Å². The molecular weight excluding hydrogens is 307 g/mol. The number of hydrogen-bond acceptors (Lipinski definition) is 3. The molecule has 1 heterocycles. The molecule has 0 aliphatic carbocycles. The smallest absolute Gasteiger partial charge is 0.216 e. The average molecular weight is 323 g/mol. The van der Waals surface area contributed by atoms with Crippen LogP contribution in [-0.4, -0.2) is 27.5 Å².